The summed E-state index contributed by atoms with van der Waals surface area (Å²) < 4.78 is 15.5. The SMILES string of the molecule is Cn1c(-c2ccccc2F)[c-]cc(I)c1=O.[Y]. The van der Waals surface area contributed by atoms with Crippen LogP contribution in [0.4, 0.5) is 4.39 Å². The number of pyridine rings is 1. The van der Waals surface area contributed by atoms with Crippen LogP contribution in [0.3, 0.4) is 0 Å². The average Bonchev–Trinajstić information content (AvgIpc) is 2.28. The largest absolute Gasteiger partial charge is 0.344 e. The fraction of sp³-hybridized carbons (Fsp3) is 0.0833. The van der Waals surface area contributed by atoms with E-state index in [2.05, 4.69) is 6.07 Å². The standard InChI is InChI=1S/C12H8FINO.Y/c1-15-11(7-6-10(14)12(15)16)8-4-2-3-5-9(8)13;/h2-6H,1H3;/q-1;. The van der Waals surface area contributed by atoms with Crippen LogP contribution >= 0.6 is 22.6 Å². The van der Waals surface area contributed by atoms with E-state index in [1.807, 2.05) is 22.6 Å². The van der Waals surface area contributed by atoms with E-state index in [-0.39, 0.29) is 44.1 Å². The van der Waals surface area contributed by atoms with E-state index in [0.29, 0.717) is 14.8 Å². The summed E-state index contributed by atoms with van der Waals surface area (Å²) in [6.07, 6.45) is 0. The van der Waals surface area contributed by atoms with Gasteiger partial charge in [-0.15, -0.1) is 28.7 Å². The van der Waals surface area contributed by atoms with Crippen molar-refractivity contribution < 1.29 is 37.1 Å². The van der Waals surface area contributed by atoms with Gasteiger partial charge in [0.2, 0.25) is 5.56 Å². The minimum Gasteiger partial charge on any atom is -0.344 e. The maximum absolute atomic E-state index is 13.6. The number of aromatic nitrogens is 1. The van der Waals surface area contributed by atoms with E-state index in [0.717, 1.165) is 0 Å². The second-order valence-corrected chi connectivity index (χ2v) is 4.49. The third-order valence-corrected chi connectivity index (χ3v) is 3.08. The van der Waals surface area contributed by atoms with Crippen LogP contribution < -0.4 is 5.56 Å². The Morgan fingerprint density at radius 3 is 2.65 bits per heavy atom. The van der Waals surface area contributed by atoms with Gasteiger partial charge in [-0.05, 0) is 9.64 Å². The van der Waals surface area contributed by atoms with E-state index in [1.54, 1.807) is 31.3 Å². The van der Waals surface area contributed by atoms with Gasteiger partial charge in [0.25, 0.3) is 0 Å². The Bertz CT molecular complexity index is 597. The Kier molecular flexibility index (Phi) is 5.47. The summed E-state index contributed by atoms with van der Waals surface area (Å²) in [6.45, 7) is 0. The van der Waals surface area contributed by atoms with E-state index in [4.69, 9.17) is 0 Å². The molecule has 0 fully saturated rings. The van der Waals surface area contributed by atoms with E-state index in [1.165, 1.54) is 10.6 Å². The van der Waals surface area contributed by atoms with Crippen LogP contribution in [0.15, 0.2) is 35.1 Å². The molecule has 0 spiro atoms. The van der Waals surface area contributed by atoms with Crippen LogP contribution in [0.25, 0.3) is 11.3 Å². The third-order valence-electron chi connectivity index (χ3n) is 2.31. The maximum atomic E-state index is 13.6. The first kappa shape index (κ1) is 15.0. The number of hydrogen-bond donors (Lipinski definition) is 0. The van der Waals surface area contributed by atoms with Gasteiger partial charge in [0.1, 0.15) is 0 Å². The van der Waals surface area contributed by atoms with Gasteiger partial charge < -0.3 is 4.57 Å². The summed E-state index contributed by atoms with van der Waals surface area (Å²) >= 11 is 1.94. The molecule has 2 nitrogen and oxygen atoms in total. The molecule has 1 radical (unpaired) electrons. The predicted octanol–water partition coefficient (Wildman–Crippen LogP) is 2.59. The van der Waals surface area contributed by atoms with Crippen LogP contribution in [0.1, 0.15) is 0 Å². The molecule has 0 aliphatic carbocycles. The molecule has 1 aromatic heterocycles. The van der Waals surface area contributed by atoms with Gasteiger partial charge >= 0.3 is 0 Å². The molecule has 2 rings (SSSR count). The number of benzene rings is 1. The number of hydrogen-bond acceptors (Lipinski definition) is 1. The first-order chi connectivity index (χ1) is 7.61. The minimum atomic E-state index is -0.352. The van der Waals surface area contributed by atoms with Gasteiger partial charge in [-0.3, -0.25) is 4.79 Å². The zero-order chi connectivity index (χ0) is 11.7. The van der Waals surface area contributed by atoms with Crippen LogP contribution in [-0.2, 0) is 39.8 Å². The number of halogens is 2. The van der Waals surface area contributed by atoms with Crippen molar-refractivity contribution >= 4 is 22.6 Å². The van der Waals surface area contributed by atoms with Crippen molar-refractivity contribution in [3.8, 4) is 11.3 Å². The summed E-state index contributed by atoms with van der Waals surface area (Å²) in [7, 11) is 1.61. The molecule has 5 heteroatoms. The topological polar surface area (TPSA) is 22.0 Å². The van der Waals surface area contributed by atoms with Crippen molar-refractivity contribution in [1.82, 2.24) is 4.57 Å². The Morgan fingerprint density at radius 1 is 1.35 bits per heavy atom. The minimum absolute atomic E-state index is 0. The second-order valence-electron chi connectivity index (χ2n) is 3.33. The normalized spacial score (nSPS) is 9.82. The molecule has 0 amide bonds. The van der Waals surface area contributed by atoms with Gasteiger partial charge in [-0.2, -0.15) is 12.1 Å². The average molecular weight is 417 g/mol. The quantitative estimate of drug-likeness (QED) is 0.517. The molecule has 0 saturated carbocycles. The molecule has 0 saturated heterocycles. The van der Waals surface area contributed by atoms with Crippen molar-refractivity contribution in [3.05, 3.63) is 56.1 Å². The fourth-order valence-electron chi connectivity index (χ4n) is 1.46. The van der Waals surface area contributed by atoms with Crippen LogP contribution in [0.5, 0.6) is 0 Å². The Balaban J connectivity index is 0.00000144. The van der Waals surface area contributed by atoms with Crippen molar-refractivity contribution in [3.63, 3.8) is 0 Å². The molecule has 0 atom stereocenters. The van der Waals surface area contributed by atoms with Crippen molar-refractivity contribution in [2.75, 3.05) is 0 Å². The molecule has 2 aromatic rings. The molecule has 0 N–H and O–H groups in total. The van der Waals surface area contributed by atoms with Crippen molar-refractivity contribution in [1.29, 1.82) is 0 Å². The zero-order valence-corrected chi connectivity index (χ0v) is 14.1. The number of rotatable bonds is 1. The molecule has 1 aromatic carbocycles. The van der Waals surface area contributed by atoms with Gasteiger partial charge in [0.15, 0.2) is 0 Å². The third kappa shape index (κ3) is 3.03. The monoisotopic (exact) mass is 417 g/mol. The Hall–Kier alpha value is -0.0661. The summed E-state index contributed by atoms with van der Waals surface area (Å²) in [4.78, 5) is 11.7. The smallest absolute Gasteiger partial charge is 0.207 e. The molecular weight excluding hydrogens is 409 g/mol. The zero-order valence-electron chi connectivity index (χ0n) is 9.08. The van der Waals surface area contributed by atoms with Gasteiger partial charge in [0.05, 0.1) is 5.82 Å². The maximum Gasteiger partial charge on any atom is 0.207 e. The summed E-state index contributed by atoms with van der Waals surface area (Å²) in [5.74, 6) is -0.352. The van der Waals surface area contributed by atoms with Gasteiger partial charge in [0, 0.05) is 39.8 Å². The van der Waals surface area contributed by atoms with E-state index >= 15 is 0 Å². The molecular formula is C12H8FINOY-. The molecule has 85 valence electrons. The molecule has 0 unspecified atom stereocenters. The molecule has 0 aliphatic heterocycles. The Morgan fingerprint density at radius 2 is 2.00 bits per heavy atom. The summed E-state index contributed by atoms with van der Waals surface area (Å²) in [5, 5.41) is 0. The fourth-order valence-corrected chi connectivity index (χ4v) is 1.98. The molecule has 17 heavy (non-hydrogen) atoms. The van der Waals surface area contributed by atoms with E-state index < -0.39 is 0 Å². The van der Waals surface area contributed by atoms with Crippen LogP contribution in [0, 0.1) is 15.5 Å². The molecule has 0 aliphatic rings. The van der Waals surface area contributed by atoms with E-state index in [9.17, 15) is 9.18 Å². The number of nitrogens with zero attached hydrogens (tertiary/aromatic N) is 1. The van der Waals surface area contributed by atoms with Crippen LogP contribution in [-0.4, -0.2) is 4.57 Å². The second kappa shape index (κ2) is 6.20. The van der Waals surface area contributed by atoms with Crippen LogP contribution in [0.2, 0.25) is 0 Å². The molecule has 1 heterocycles. The Labute approximate surface area is 137 Å². The molecule has 0 bridgehead atoms. The predicted molar refractivity (Wildman–Crippen MR) is 68.6 cm³/mol. The summed E-state index contributed by atoms with van der Waals surface area (Å²) in [5.41, 5.74) is 0.708. The first-order valence-corrected chi connectivity index (χ1v) is 5.71. The first-order valence-electron chi connectivity index (χ1n) is 4.63. The van der Waals surface area contributed by atoms with Gasteiger partial charge in [-0.1, -0.05) is 23.4 Å². The summed E-state index contributed by atoms with van der Waals surface area (Å²) in [6, 6.07) is 10.8. The van der Waals surface area contributed by atoms with Crippen molar-refractivity contribution in [2.45, 2.75) is 0 Å². The van der Waals surface area contributed by atoms with Gasteiger partial charge in [-0.25, -0.2) is 4.39 Å². The van der Waals surface area contributed by atoms with Crippen molar-refractivity contribution in [2.24, 2.45) is 7.05 Å².